The smallest absolute Gasteiger partial charge is 0.237 e. The van der Waals surface area contributed by atoms with Gasteiger partial charge in [-0.15, -0.1) is 18.9 Å². The van der Waals surface area contributed by atoms with E-state index in [1.54, 1.807) is 6.08 Å². The molecular weight excluding hydrogens is 176 g/mol. The summed E-state index contributed by atoms with van der Waals surface area (Å²) in [5, 5.41) is 2.75. The Bertz CT molecular complexity index is 218. The van der Waals surface area contributed by atoms with Crippen molar-refractivity contribution < 1.29 is 4.79 Å². The monoisotopic (exact) mass is 194 g/mol. The largest absolute Gasteiger partial charge is 0.355 e. The summed E-state index contributed by atoms with van der Waals surface area (Å²) in [5.74, 6) is 2.43. The van der Waals surface area contributed by atoms with Gasteiger partial charge in [-0.25, -0.2) is 0 Å². The fourth-order valence-electron chi connectivity index (χ4n) is 0.981. The summed E-state index contributed by atoms with van der Waals surface area (Å²) >= 11 is 0. The fraction of sp³-hybridized carbons (Fsp3) is 0.545. The minimum atomic E-state index is -0.472. The molecule has 0 aromatic carbocycles. The Morgan fingerprint density at radius 1 is 1.64 bits per heavy atom. The molecule has 14 heavy (non-hydrogen) atoms. The van der Waals surface area contributed by atoms with Gasteiger partial charge < -0.3 is 11.1 Å². The highest BCUT2D eigenvalue weighted by atomic mass is 16.2. The predicted molar refractivity (Wildman–Crippen MR) is 58.5 cm³/mol. The Morgan fingerprint density at radius 3 is 2.93 bits per heavy atom. The molecule has 0 saturated heterocycles. The van der Waals surface area contributed by atoms with Gasteiger partial charge in [-0.1, -0.05) is 6.08 Å². The fourth-order valence-corrected chi connectivity index (χ4v) is 0.981. The molecule has 0 heterocycles. The van der Waals surface area contributed by atoms with Crippen LogP contribution in [-0.4, -0.2) is 18.5 Å². The summed E-state index contributed by atoms with van der Waals surface area (Å²) < 4.78 is 0. The number of hydrogen-bond donors (Lipinski definition) is 2. The van der Waals surface area contributed by atoms with Crippen molar-refractivity contribution in [2.75, 3.05) is 6.54 Å². The maximum Gasteiger partial charge on any atom is 0.237 e. The number of rotatable bonds is 7. The minimum absolute atomic E-state index is 0.120. The average molecular weight is 194 g/mol. The lowest BCUT2D eigenvalue weighted by atomic mass is 10.2. The summed E-state index contributed by atoms with van der Waals surface area (Å²) in [6.07, 6.45) is 9.84. The Kier molecular flexibility index (Phi) is 7.58. The van der Waals surface area contributed by atoms with Crippen LogP contribution in [0.2, 0.25) is 0 Å². The third-order valence-electron chi connectivity index (χ3n) is 1.80. The van der Waals surface area contributed by atoms with E-state index in [0.29, 0.717) is 13.0 Å². The van der Waals surface area contributed by atoms with E-state index in [1.807, 2.05) is 0 Å². The lowest BCUT2D eigenvalue weighted by Crippen LogP contribution is -2.40. The summed E-state index contributed by atoms with van der Waals surface area (Å²) in [7, 11) is 0. The molecule has 0 aromatic heterocycles. The molecule has 3 N–H and O–H groups in total. The minimum Gasteiger partial charge on any atom is -0.355 e. The first-order chi connectivity index (χ1) is 6.72. The number of nitrogens with one attached hydrogen (secondary N) is 1. The Morgan fingerprint density at radius 2 is 2.36 bits per heavy atom. The zero-order valence-corrected chi connectivity index (χ0v) is 8.46. The molecule has 0 fully saturated rings. The van der Waals surface area contributed by atoms with Gasteiger partial charge in [0.15, 0.2) is 0 Å². The van der Waals surface area contributed by atoms with Gasteiger partial charge in [-0.05, 0) is 19.3 Å². The molecule has 78 valence electrons. The van der Waals surface area contributed by atoms with E-state index >= 15 is 0 Å². The molecule has 3 nitrogen and oxygen atoms in total. The van der Waals surface area contributed by atoms with Crippen LogP contribution in [0.1, 0.15) is 25.7 Å². The summed E-state index contributed by atoms with van der Waals surface area (Å²) in [6.45, 7) is 4.17. The van der Waals surface area contributed by atoms with Crippen LogP contribution in [-0.2, 0) is 4.79 Å². The topological polar surface area (TPSA) is 55.1 Å². The first kappa shape index (κ1) is 12.7. The maximum atomic E-state index is 11.2. The van der Waals surface area contributed by atoms with Crippen LogP contribution >= 0.6 is 0 Å². The number of amides is 1. The van der Waals surface area contributed by atoms with E-state index in [9.17, 15) is 4.79 Å². The van der Waals surface area contributed by atoms with Gasteiger partial charge in [0, 0.05) is 13.0 Å². The molecule has 0 radical (unpaired) electrons. The van der Waals surface area contributed by atoms with Gasteiger partial charge in [-0.2, -0.15) is 0 Å². The number of nitrogens with two attached hydrogens (primary N) is 1. The number of unbranched alkanes of at least 4 members (excludes halogenated alkanes) is 2. The van der Waals surface area contributed by atoms with Crippen molar-refractivity contribution in [1.29, 1.82) is 0 Å². The van der Waals surface area contributed by atoms with Crippen molar-refractivity contribution in [2.45, 2.75) is 31.7 Å². The molecule has 0 saturated carbocycles. The summed E-state index contributed by atoms with van der Waals surface area (Å²) in [4.78, 5) is 11.2. The van der Waals surface area contributed by atoms with Crippen LogP contribution < -0.4 is 11.1 Å². The number of carbonyl (C=O) groups is 1. The number of carbonyl (C=O) groups excluding carboxylic acids is 1. The van der Waals surface area contributed by atoms with Crippen LogP contribution in [0.5, 0.6) is 0 Å². The first-order valence-corrected chi connectivity index (χ1v) is 4.80. The van der Waals surface area contributed by atoms with E-state index in [0.717, 1.165) is 19.3 Å². The van der Waals surface area contributed by atoms with E-state index in [2.05, 4.69) is 17.8 Å². The highest BCUT2D eigenvalue weighted by molar-refractivity contribution is 5.81. The van der Waals surface area contributed by atoms with Crippen molar-refractivity contribution in [3.63, 3.8) is 0 Å². The molecule has 0 aliphatic heterocycles. The molecule has 0 rings (SSSR count). The van der Waals surface area contributed by atoms with Crippen molar-refractivity contribution in [3.8, 4) is 12.3 Å². The predicted octanol–water partition coefficient (Wildman–Crippen LogP) is 0.809. The van der Waals surface area contributed by atoms with Crippen LogP contribution in [0.4, 0.5) is 0 Å². The second-order valence-corrected chi connectivity index (χ2v) is 3.08. The SMILES string of the molecule is C#CCCCCNC(=O)C(N)CC=C. The molecule has 1 unspecified atom stereocenters. The Hall–Kier alpha value is -1.27. The number of terminal acetylenes is 1. The van der Waals surface area contributed by atoms with E-state index in [-0.39, 0.29) is 5.91 Å². The quantitative estimate of drug-likeness (QED) is 0.358. The van der Waals surface area contributed by atoms with Gasteiger partial charge in [0.25, 0.3) is 0 Å². The summed E-state index contributed by atoms with van der Waals surface area (Å²) in [5.41, 5.74) is 5.55. The van der Waals surface area contributed by atoms with Crippen LogP contribution in [0, 0.1) is 12.3 Å². The van der Waals surface area contributed by atoms with Crippen molar-refractivity contribution in [1.82, 2.24) is 5.32 Å². The third kappa shape index (κ3) is 6.27. The lowest BCUT2D eigenvalue weighted by Gasteiger charge is -2.09. The van der Waals surface area contributed by atoms with Crippen molar-refractivity contribution in [3.05, 3.63) is 12.7 Å². The summed E-state index contributed by atoms with van der Waals surface area (Å²) in [6, 6.07) is -0.472. The molecule has 1 amide bonds. The Labute approximate surface area is 85.7 Å². The lowest BCUT2D eigenvalue weighted by molar-refractivity contribution is -0.122. The standard InChI is InChI=1S/C11H18N2O/c1-3-5-6-7-9-13-11(14)10(12)8-4-2/h1,4,10H,2,5-9,12H2,(H,13,14). The zero-order chi connectivity index (χ0) is 10.8. The Balaban J connectivity index is 3.44. The highest BCUT2D eigenvalue weighted by Gasteiger charge is 2.09. The third-order valence-corrected chi connectivity index (χ3v) is 1.80. The van der Waals surface area contributed by atoms with Crippen LogP contribution in [0.15, 0.2) is 12.7 Å². The first-order valence-electron chi connectivity index (χ1n) is 4.80. The van der Waals surface area contributed by atoms with Crippen LogP contribution in [0.25, 0.3) is 0 Å². The second kappa shape index (κ2) is 8.33. The average Bonchev–Trinajstić information content (AvgIpc) is 2.17. The second-order valence-electron chi connectivity index (χ2n) is 3.08. The molecule has 0 aliphatic carbocycles. The van der Waals surface area contributed by atoms with Crippen molar-refractivity contribution in [2.24, 2.45) is 5.73 Å². The molecule has 0 bridgehead atoms. The molecule has 0 spiro atoms. The zero-order valence-electron chi connectivity index (χ0n) is 8.46. The van der Waals surface area contributed by atoms with E-state index in [4.69, 9.17) is 12.2 Å². The van der Waals surface area contributed by atoms with Gasteiger partial charge in [0.2, 0.25) is 5.91 Å². The number of hydrogen-bond acceptors (Lipinski definition) is 2. The van der Waals surface area contributed by atoms with E-state index in [1.165, 1.54) is 0 Å². The normalized spacial score (nSPS) is 11.4. The molecule has 0 aromatic rings. The molecule has 1 atom stereocenters. The van der Waals surface area contributed by atoms with Crippen molar-refractivity contribution >= 4 is 5.91 Å². The van der Waals surface area contributed by atoms with Crippen LogP contribution in [0.3, 0.4) is 0 Å². The van der Waals surface area contributed by atoms with Gasteiger partial charge >= 0.3 is 0 Å². The maximum absolute atomic E-state index is 11.2. The highest BCUT2D eigenvalue weighted by Crippen LogP contribution is 1.93. The molecule has 3 heteroatoms. The molecular formula is C11H18N2O. The van der Waals surface area contributed by atoms with Gasteiger partial charge in [0.1, 0.15) is 0 Å². The molecule has 0 aliphatic rings. The van der Waals surface area contributed by atoms with Gasteiger partial charge in [0.05, 0.1) is 6.04 Å². The van der Waals surface area contributed by atoms with Gasteiger partial charge in [-0.3, -0.25) is 4.79 Å². The van der Waals surface area contributed by atoms with E-state index < -0.39 is 6.04 Å².